The van der Waals surface area contributed by atoms with Gasteiger partial charge in [0.05, 0.1) is 6.54 Å². The van der Waals surface area contributed by atoms with Crippen molar-refractivity contribution in [2.24, 2.45) is 5.92 Å². The van der Waals surface area contributed by atoms with E-state index in [1.165, 1.54) is 6.07 Å². The molecule has 5 nitrogen and oxygen atoms in total. The van der Waals surface area contributed by atoms with Crippen LogP contribution in [-0.4, -0.2) is 28.9 Å². The molecular weight excluding hydrogens is 374 g/mol. The van der Waals surface area contributed by atoms with Crippen molar-refractivity contribution < 1.29 is 19.1 Å². The van der Waals surface area contributed by atoms with Crippen LogP contribution in [0.15, 0.2) is 39.2 Å². The minimum Gasteiger partial charge on any atom is -0.478 e. The van der Waals surface area contributed by atoms with Gasteiger partial charge in [0, 0.05) is 17.4 Å². The number of benzene rings is 1. The lowest BCUT2D eigenvalue weighted by Gasteiger charge is -2.15. The number of hydrogen-bond acceptors (Lipinski definition) is 3. The molecule has 2 atom stereocenters. The van der Waals surface area contributed by atoms with Crippen molar-refractivity contribution in [2.45, 2.75) is 25.8 Å². The van der Waals surface area contributed by atoms with Crippen molar-refractivity contribution in [3.63, 3.8) is 0 Å². The Balaban J connectivity index is 1.64. The van der Waals surface area contributed by atoms with Crippen molar-refractivity contribution in [1.82, 2.24) is 4.90 Å². The van der Waals surface area contributed by atoms with Gasteiger partial charge in [-0.05, 0) is 43.0 Å². The van der Waals surface area contributed by atoms with Crippen LogP contribution in [0.25, 0.3) is 0 Å². The van der Waals surface area contributed by atoms with E-state index < -0.39 is 5.97 Å². The first kappa shape index (κ1) is 16.8. The highest BCUT2D eigenvalue weighted by molar-refractivity contribution is 9.10. The molecule has 1 N–H and O–H groups in total. The van der Waals surface area contributed by atoms with Gasteiger partial charge in [-0.1, -0.05) is 28.1 Å². The van der Waals surface area contributed by atoms with Crippen molar-refractivity contribution in [3.8, 4) is 0 Å². The van der Waals surface area contributed by atoms with E-state index in [-0.39, 0.29) is 29.9 Å². The van der Waals surface area contributed by atoms with Crippen LogP contribution in [0.1, 0.15) is 39.8 Å². The summed E-state index contributed by atoms with van der Waals surface area (Å²) in [5.74, 6) is 0.126. The Morgan fingerprint density at radius 1 is 1.38 bits per heavy atom. The first-order valence-corrected chi connectivity index (χ1v) is 8.49. The number of aromatic carboxylic acids is 1. The Bertz CT molecular complexity index is 798. The van der Waals surface area contributed by atoms with Crippen molar-refractivity contribution >= 4 is 27.8 Å². The van der Waals surface area contributed by atoms with Gasteiger partial charge in [-0.15, -0.1) is 0 Å². The molecule has 0 bridgehead atoms. The van der Waals surface area contributed by atoms with E-state index in [2.05, 4.69) is 15.9 Å². The summed E-state index contributed by atoms with van der Waals surface area (Å²) >= 11 is 3.45. The number of carbonyl (C=O) groups is 2. The first-order valence-electron chi connectivity index (χ1n) is 7.70. The van der Waals surface area contributed by atoms with Gasteiger partial charge < -0.3 is 14.4 Å². The van der Waals surface area contributed by atoms with Gasteiger partial charge in [-0.25, -0.2) is 4.79 Å². The number of carboxylic acids is 1. The normalized spacial score (nSPS) is 19.1. The second kappa shape index (κ2) is 6.43. The maximum atomic E-state index is 12.6. The summed E-state index contributed by atoms with van der Waals surface area (Å²) in [6.07, 6.45) is 0.844. The summed E-state index contributed by atoms with van der Waals surface area (Å²) in [5.41, 5.74) is 1.31. The van der Waals surface area contributed by atoms with E-state index in [4.69, 9.17) is 9.52 Å². The molecule has 1 saturated carbocycles. The van der Waals surface area contributed by atoms with Gasteiger partial charge in [0.2, 0.25) is 5.91 Å². The van der Waals surface area contributed by atoms with Gasteiger partial charge in [-0.2, -0.15) is 0 Å². The van der Waals surface area contributed by atoms with Crippen LogP contribution in [0.2, 0.25) is 0 Å². The molecule has 1 fully saturated rings. The molecule has 1 aromatic carbocycles. The van der Waals surface area contributed by atoms with Crippen molar-refractivity contribution in [3.05, 3.63) is 57.5 Å². The van der Waals surface area contributed by atoms with E-state index in [0.29, 0.717) is 11.5 Å². The molecule has 1 aliphatic carbocycles. The number of nitrogens with zero attached hydrogens (tertiary/aromatic N) is 1. The summed E-state index contributed by atoms with van der Waals surface area (Å²) in [7, 11) is 1.72. The maximum Gasteiger partial charge on any atom is 0.339 e. The summed E-state index contributed by atoms with van der Waals surface area (Å²) in [6, 6.07) is 9.51. The van der Waals surface area contributed by atoms with Gasteiger partial charge in [-0.3, -0.25) is 4.79 Å². The van der Waals surface area contributed by atoms with E-state index >= 15 is 0 Å². The molecule has 0 spiro atoms. The molecule has 3 rings (SSSR count). The Labute approximate surface area is 148 Å². The summed E-state index contributed by atoms with van der Waals surface area (Å²) in [6.45, 7) is 1.88. The standard InChI is InChI=1S/C18H18BrNO4/c1-10-14(18(22)23)7-13(24-10)9-20(2)17(21)16-8-15(16)11-4-3-5-12(19)6-11/h3-7,15-16H,8-9H2,1-2H3,(H,22,23). The molecule has 1 amide bonds. The number of halogens is 1. The Morgan fingerprint density at radius 2 is 2.12 bits per heavy atom. The molecule has 0 radical (unpaired) electrons. The molecule has 0 aliphatic heterocycles. The molecule has 2 aromatic rings. The average molecular weight is 392 g/mol. The molecule has 2 unspecified atom stereocenters. The van der Waals surface area contributed by atoms with Crippen molar-refractivity contribution in [1.29, 1.82) is 0 Å². The van der Waals surface area contributed by atoms with Crippen LogP contribution in [0.4, 0.5) is 0 Å². The van der Waals surface area contributed by atoms with Gasteiger partial charge >= 0.3 is 5.97 Å². The smallest absolute Gasteiger partial charge is 0.339 e. The predicted octanol–water partition coefficient (Wildman–Crippen LogP) is 3.81. The SMILES string of the molecule is Cc1oc(CN(C)C(=O)C2CC2c2cccc(Br)c2)cc1C(=O)O. The molecule has 24 heavy (non-hydrogen) atoms. The predicted molar refractivity (Wildman–Crippen MR) is 91.9 cm³/mol. The van der Waals surface area contributed by atoms with Crippen molar-refractivity contribution in [2.75, 3.05) is 7.05 Å². The third kappa shape index (κ3) is 3.38. The second-order valence-corrected chi connectivity index (χ2v) is 7.10. The molecule has 1 aliphatic rings. The Morgan fingerprint density at radius 3 is 2.75 bits per heavy atom. The third-order valence-electron chi connectivity index (χ3n) is 4.35. The number of rotatable bonds is 5. The number of carbonyl (C=O) groups excluding carboxylic acids is 1. The lowest BCUT2D eigenvalue weighted by atomic mass is 10.1. The van der Waals surface area contributed by atoms with E-state index in [9.17, 15) is 9.59 Å². The molecule has 126 valence electrons. The van der Waals surface area contributed by atoms with E-state index in [1.807, 2.05) is 24.3 Å². The molecule has 1 aromatic heterocycles. The second-order valence-electron chi connectivity index (χ2n) is 6.19. The zero-order chi connectivity index (χ0) is 17.4. The molecule has 0 saturated heterocycles. The third-order valence-corrected chi connectivity index (χ3v) is 4.85. The van der Waals surface area contributed by atoms with E-state index in [0.717, 1.165) is 16.5 Å². The van der Waals surface area contributed by atoms with Gasteiger partial charge in [0.1, 0.15) is 17.1 Å². The average Bonchev–Trinajstić information content (AvgIpc) is 3.23. The van der Waals surface area contributed by atoms with Crippen LogP contribution in [0, 0.1) is 12.8 Å². The highest BCUT2D eigenvalue weighted by atomic mass is 79.9. The molecule has 6 heteroatoms. The van der Waals surface area contributed by atoms with Crippen LogP contribution in [-0.2, 0) is 11.3 Å². The summed E-state index contributed by atoms with van der Waals surface area (Å²) in [4.78, 5) is 25.2. The highest BCUT2D eigenvalue weighted by Gasteiger charge is 2.45. The zero-order valence-electron chi connectivity index (χ0n) is 13.5. The topological polar surface area (TPSA) is 70.8 Å². The maximum absolute atomic E-state index is 12.6. The first-order chi connectivity index (χ1) is 11.4. The quantitative estimate of drug-likeness (QED) is 0.840. The zero-order valence-corrected chi connectivity index (χ0v) is 15.0. The number of furan rings is 1. The highest BCUT2D eigenvalue weighted by Crippen LogP contribution is 2.48. The molecular formula is C18H18BrNO4. The monoisotopic (exact) mass is 391 g/mol. The van der Waals surface area contributed by atoms with E-state index in [1.54, 1.807) is 18.9 Å². The van der Waals surface area contributed by atoms with Crippen LogP contribution in [0.3, 0.4) is 0 Å². The molecule has 1 heterocycles. The fraction of sp³-hybridized carbons (Fsp3) is 0.333. The van der Waals surface area contributed by atoms with Crippen LogP contribution < -0.4 is 0 Å². The number of hydrogen-bond donors (Lipinski definition) is 1. The van der Waals surface area contributed by atoms with Gasteiger partial charge in [0.25, 0.3) is 0 Å². The van der Waals surface area contributed by atoms with Gasteiger partial charge in [0.15, 0.2) is 0 Å². The summed E-state index contributed by atoms with van der Waals surface area (Å²) < 4.78 is 6.46. The largest absolute Gasteiger partial charge is 0.478 e. The number of aryl methyl sites for hydroxylation is 1. The lowest BCUT2D eigenvalue weighted by Crippen LogP contribution is -2.27. The Kier molecular flexibility index (Phi) is 4.49. The minimum absolute atomic E-state index is 0.0145. The Hall–Kier alpha value is -2.08. The minimum atomic E-state index is -1.02. The fourth-order valence-electron chi connectivity index (χ4n) is 3.00. The summed E-state index contributed by atoms with van der Waals surface area (Å²) in [5, 5.41) is 9.06. The van der Waals surface area contributed by atoms with Crippen LogP contribution in [0.5, 0.6) is 0 Å². The lowest BCUT2D eigenvalue weighted by molar-refractivity contribution is -0.132. The number of carboxylic acid groups (broad SMARTS) is 1. The fourth-order valence-corrected chi connectivity index (χ4v) is 3.42. The van der Waals surface area contributed by atoms with Crippen LogP contribution >= 0.6 is 15.9 Å². The number of amides is 1.